The van der Waals surface area contributed by atoms with Gasteiger partial charge in [0.1, 0.15) is 0 Å². The molecule has 0 amide bonds. The predicted molar refractivity (Wildman–Crippen MR) is 57.2 cm³/mol. The second-order valence-electron chi connectivity index (χ2n) is 3.73. The van der Waals surface area contributed by atoms with Crippen molar-refractivity contribution < 1.29 is 0 Å². The van der Waals surface area contributed by atoms with Crippen LogP contribution in [0.1, 0.15) is 41.0 Å². The third kappa shape index (κ3) is 4.38. The molecule has 0 spiro atoms. The first-order valence-corrected chi connectivity index (χ1v) is 4.92. The lowest BCUT2D eigenvalue weighted by Crippen LogP contribution is -2.04. The maximum atomic E-state index is 2.38. The first kappa shape index (κ1) is 11.5. The van der Waals surface area contributed by atoms with Crippen LogP contribution in [0.25, 0.3) is 0 Å². The Morgan fingerprint density at radius 2 is 1.92 bits per heavy atom. The maximum absolute atomic E-state index is 2.38. The van der Waals surface area contributed by atoms with Gasteiger partial charge in [-0.1, -0.05) is 44.6 Å². The van der Waals surface area contributed by atoms with Crippen LogP contribution < -0.4 is 0 Å². The zero-order valence-electron chi connectivity index (χ0n) is 9.09. The third-order valence-corrected chi connectivity index (χ3v) is 2.23. The SMILES string of the molecule is CC=CC(C)=CC(CC)C(C)C. The number of rotatable bonds is 4. The Balaban J connectivity index is 4.25. The second kappa shape index (κ2) is 6.05. The Morgan fingerprint density at radius 1 is 1.33 bits per heavy atom. The van der Waals surface area contributed by atoms with Crippen molar-refractivity contribution in [2.45, 2.75) is 41.0 Å². The van der Waals surface area contributed by atoms with Crippen molar-refractivity contribution in [2.24, 2.45) is 11.8 Å². The van der Waals surface area contributed by atoms with E-state index in [2.05, 4.69) is 52.8 Å². The third-order valence-electron chi connectivity index (χ3n) is 2.23. The minimum Gasteiger partial charge on any atom is -0.0874 e. The predicted octanol–water partition coefficient (Wildman–Crippen LogP) is 4.19. The summed E-state index contributed by atoms with van der Waals surface area (Å²) in [4.78, 5) is 0. The van der Waals surface area contributed by atoms with Crippen LogP contribution in [0.3, 0.4) is 0 Å². The molecule has 0 aromatic carbocycles. The van der Waals surface area contributed by atoms with Crippen molar-refractivity contribution in [1.29, 1.82) is 0 Å². The van der Waals surface area contributed by atoms with Gasteiger partial charge in [0.25, 0.3) is 0 Å². The summed E-state index contributed by atoms with van der Waals surface area (Å²) in [5.41, 5.74) is 1.39. The van der Waals surface area contributed by atoms with Crippen LogP contribution in [-0.4, -0.2) is 0 Å². The van der Waals surface area contributed by atoms with Crippen LogP contribution in [-0.2, 0) is 0 Å². The zero-order chi connectivity index (χ0) is 9.56. The van der Waals surface area contributed by atoms with Crippen molar-refractivity contribution in [3.05, 3.63) is 23.8 Å². The smallest absolute Gasteiger partial charge is 0.0207 e. The fourth-order valence-corrected chi connectivity index (χ4v) is 1.44. The van der Waals surface area contributed by atoms with Crippen molar-refractivity contribution in [2.75, 3.05) is 0 Å². The molecule has 0 fully saturated rings. The van der Waals surface area contributed by atoms with Gasteiger partial charge in [0.2, 0.25) is 0 Å². The van der Waals surface area contributed by atoms with Crippen LogP contribution in [0.5, 0.6) is 0 Å². The van der Waals surface area contributed by atoms with Gasteiger partial charge in [0.05, 0.1) is 0 Å². The molecule has 0 heterocycles. The van der Waals surface area contributed by atoms with E-state index in [1.54, 1.807) is 0 Å². The molecular formula is C12H22. The summed E-state index contributed by atoms with van der Waals surface area (Å²) in [5, 5.41) is 0. The summed E-state index contributed by atoms with van der Waals surface area (Å²) in [6, 6.07) is 0. The average Bonchev–Trinajstić information content (AvgIpc) is 2.00. The second-order valence-corrected chi connectivity index (χ2v) is 3.73. The van der Waals surface area contributed by atoms with Crippen molar-refractivity contribution >= 4 is 0 Å². The van der Waals surface area contributed by atoms with Gasteiger partial charge in [-0.05, 0) is 32.1 Å². The molecule has 0 radical (unpaired) electrons. The van der Waals surface area contributed by atoms with Crippen LogP contribution >= 0.6 is 0 Å². The molecule has 0 rings (SSSR count). The quantitative estimate of drug-likeness (QED) is 0.549. The molecule has 1 unspecified atom stereocenters. The monoisotopic (exact) mass is 166 g/mol. The first-order valence-electron chi connectivity index (χ1n) is 4.92. The standard InChI is InChI=1S/C12H22/c1-6-8-11(5)9-12(7-2)10(3)4/h6,8-10,12H,7H2,1-5H3. The highest BCUT2D eigenvalue weighted by Gasteiger charge is 2.06. The number of hydrogen-bond donors (Lipinski definition) is 0. The summed E-state index contributed by atoms with van der Waals surface area (Å²) in [5.74, 6) is 1.50. The molecule has 0 bridgehead atoms. The normalized spacial score (nSPS) is 16.0. The lowest BCUT2D eigenvalue weighted by molar-refractivity contribution is 0.451. The molecule has 0 N–H and O–H groups in total. The van der Waals surface area contributed by atoms with E-state index in [0.29, 0.717) is 0 Å². The Morgan fingerprint density at radius 3 is 2.25 bits per heavy atom. The Bertz CT molecular complexity index is 161. The van der Waals surface area contributed by atoms with Gasteiger partial charge in [0.15, 0.2) is 0 Å². The molecule has 0 aromatic heterocycles. The Labute approximate surface area is 77.4 Å². The zero-order valence-corrected chi connectivity index (χ0v) is 9.09. The van der Waals surface area contributed by atoms with E-state index in [1.165, 1.54) is 12.0 Å². The lowest BCUT2D eigenvalue weighted by Gasteiger charge is -2.14. The van der Waals surface area contributed by atoms with Crippen molar-refractivity contribution in [3.63, 3.8) is 0 Å². The summed E-state index contributed by atoms with van der Waals surface area (Å²) < 4.78 is 0. The van der Waals surface area contributed by atoms with Gasteiger partial charge in [-0.25, -0.2) is 0 Å². The van der Waals surface area contributed by atoms with E-state index in [9.17, 15) is 0 Å². The lowest BCUT2D eigenvalue weighted by atomic mass is 9.91. The van der Waals surface area contributed by atoms with Crippen molar-refractivity contribution in [1.82, 2.24) is 0 Å². The molecule has 0 saturated carbocycles. The highest BCUT2D eigenvalue weighted by Crippen LogP contribution is 2.18. The van der Waals surface area contributed by atoms with Crippen LogP contribution in [0.2, 0.25) is 0 Å². The largest absolute Gasteiger partial charge is 0.0874 e. The fourth-order valence-electron chi connectivity index (χ4n) is 1.44. The first-order chi connectivity index (χ1) is 5.61. The van der Waals surface area contributed by atoms with E-state index >= 15 is 0 Å². The maximum Gasteiger partial charge on any atom is -0.0207 e. The average molecular weight is 166 g/mol. The summed E-state index contributed by atoms with van der Waals surface area (Å²) >= 11 is 0. The van der Waals surface area contributed by atoms with E-state index in [0.717, 1.165) is 11.8 Å². The fraction of sp³-hybridized carbons (Fsp3) is 0.667. The summed E-state index contributed by atoms with van der Waals surface area (Å²) in [7, 11) is 0. The van der Waals surface area contributed by atoms with Gasteiger partial charge >= 0.3 is 0 Å². The molecule has 0 aliphatic rings. The Hall–Kier alpha value is -0.520. The molecule has 0 aliphatic heterocycles. The molecule has 0 aromatic rings. The van der Waals surface area contributed by atoms with Crippen LogP contribution in [0, 0.1) is 11.8 Å². The highest BCUT2D eigenvalue weighted by molar-refractivity contribution is 5.16. The highest BCUT2D eigenvalue weighted by atomic mass is 14.1. The van der Waals surface area contributed by atoms with Crippen molar-refractivity contribution in [3.8, 4) is 0 Å². The molecule has 0 aliphatic carbocycles. The van der Waals surface area contributed by atoms with E-state index in [-0.39, 0.29) is 0 Å². The minimum absolute atomic E-state index is 0.737. The van der Waals surface area contributed by atoms with Crippen LogP contribution in [0.4, 0.5) is 0 Å². The van der Waals surface area contributed by atoms with Gasteiger partial charge in [-0.3, -0.25) is 0 Å². The molecule has 0 nitrogen and oxygen atoms in total. The molecular weight excluding hydrogens is 144 g/mol. The van der Waals surface area contributed by atoms with E-state index in [1.807, 2.05) is 0 Å². The minimum atomic E-state index is 0.737. The summed E-state index contributed by atoms with van der Waals surface area (Å²) in [6.45, 7) is 11.1. The summed E-state index contributed by atoms with van der Waals surface area (Å²) in [6.07, 6.45) is 7.89. The Kier molecular flexibility index (Phi) is 5.79. The van der Waals surface area contributed by atoms with E-state index < -0.39 is 0 Å². The van der Waals surface area contributed by atoms with E-state index in [4.69, 9.17) is 0 Å². The number of allylic oxidation sites excluding steroid dienone is 4. The molecule has 12 heavy (non-hydrogen) atoms. The molecule has 0 saturated heterocycles. The molecule has 0 heteroatoms. The van der Waals surface area contributed by atoms with Gasteiger partial charge in [-0.2, -0.15) is 0 Å². The van der Waals surface area contributed by atoms with Gasteiger partial charge in [0, 0.05) is 0 Å². The molecule has 1 atom stereocenters. The van der Waals surface area contributed by atoms with Crippen LogP contribution in [0.15, 0.2) is 23.8 Å². The number of hydrogen-bond acceptors (Lipinski definition) is 0. The van der Waals surface area contributed by atoms with Gasteiger partial charge in [-0.15, -0.1) is 0 Å². The topological polar surface area (TPSA) is 0 Å². The molecule has 70 valence electrons. The van der Waals surface area contributed by atoms with Gasteiger partial charge < -0.3 is 0 Å².